The van der Waals surface area contributed by atoms with Gasteiger partial charge in [0.2, 0.25) is 0 Å². The van der Waals surface area contributed by atoms with E-state index in [0.717, 1.165) is 19.3 Å². The smallest absolute Gasteiger partial charge is 0.550 e. The number of hydrogen-bond donors (Lipinski definition) is 0. The van der Waals surface area contributed by atoms with E-state index in [4.69, 9.17) is 0 Å². The maximum atomic E-state index is 10.1. The first-order chi connectivity index (χ1) is 6.42. The third-order valence-corrected chi connectivity index (χ3v) is 2.31. The predicted molar refractivity (Wildman–Crippen MR) is 56.8 cm³/mol. The Labute approximate surface area is 109 Å². The van der Waals surface area contributed by atoms with Gasteiger partial charge < -0.3 is 9.90 Å². The Kier molecular flexibility index (Phi) is 11.1. The van der Waals surface area contributed by atoms with E-state index >= 15 is 0 Å². The minimum absolute atomic E-state index is 0. The number of carboxylic acid groups (broad SMARTS) is 1. The van der Waals surface area contributed by atoms with Gasteiger partial charge in [-0.2, -0.15) is 0 Å². The van der Waals surface area contributed by atoms with Crippen LogP contribution < -0.4 is 5.11 Å². The third kappa shape index (κ3) is 16.9. The zero-order valence-electron chi connectivity index (χ0n) is 10.1. The number of carboxylic acids is 1. The molecule has 0 unspecified atom stereocenters. The zero-order chi connectivity index (χ0) is 11.0. The fraction of sp³-hybridized carbons (Fsp3) is 0.917. The molecule has 0 aliphatic carbocycles. The molecule has 94 valence electrons. The summed E-state index contributed by atoms with van der Waals surface area (Å²) in [6.45, 7) is 6.76. The number of carbonyl (C=O) groups is 1. The van der Waals surface area contributed by atoms with Crippen molar-refractivity contribution in [2.45, 2.75) is 65.7 Å². The molecule has 2 nitrogen and oxygen atoms in total. The summed E-state index contributed by atoms with van der Waals surface area (Å²) < 4.78 is 0. The van der Waals surface area contributed by atoms with E-state index in [1.807, 2.05) is 0 Å². The molecule has 0 aromatic carbocycles. The average Bonchev–Trinajstić information content (AvgIpc) is 2.00. The van der Waals surface area contributed by atoms with Crippen LogP contribution in [0.3, 0.4) is 0 Å². The zero-order valence-corrected chi connectivity index (χ0v) is 11.6. The van der Waals surface area contributed by atoms with E-state index in [2.05, 4.69) is 20.8 Å². The van der Waals surface area contributed by atoms with Crippen molar-refractivity contribution in [1.29, 1.82) is 0 Å². The van der Waals surface area contributed by atoms with E-state index in [1.54, 1.807) is 0 Å². The molecular weight excluding hydrogens is 284 g/mol. The van der Waals surface area contributed by atoms with Crippen molar-refractivity contribution < 1.29 is 32.3 Å². The molecule has 0 aromatic heterocycles. The number of rotatable bonds is 7. The van der Waals surface area contributed by atoms with Crippen LogP contribution in [0.2, 0.25) is 0 Å². The molecule has 3 heteroatoms. The standard InChI is InChI=1S/C12H24O2.Ag/c1-12(2,3)10-8-6-4-5-7-9-11(13)14;/h4-10H2,1-3H3,(H,13,14);/q;+1/p-1. The molecule has 0 aliphatic rings. The molecule has 0 aliphatic heterocycles. The quantitative estimate of drug-likeness (QED) is 0.535. The predicted octanol–water partition coefficient (Wildman–Crippen LogP) is 2.51. The third-order valence-electron chi connectivity index (χ3n) is 2.31. The normalized spacial score (nSPS) is 10.9. The van der Waals surface area contributed by atoms with Crippen molar-refractivity contribution in [3.05, 3.63) is 0 Å². The molecule has 0 N–H and O–H groups in total. The summed E-state index contributed by atoms with van der Waals surface area (Å²) in [5.41, 5.74) is 0.436. The molecule has 0 saturated carbocycles. The van der Waals surface area contributed by atoms with Crippen LogP contribution in [-0.2, 0) is 27.2 Å². The van der Waals surface area contributed by atoms with Gasteiger partial charge in [-0.25, -0.2) is 0 Å². The van der Waals surface area contributed by atoms with Gasteiger partial charge in [-0.3, -0.25) is 0 Å². The van der Waals surface area contributed by atoms with Crippen molar-refractivity contribution >= 4 is 5.97 Å². The summed E-state index contributed by atoms with van der Waals surface area (Å²) in [5.74, 6) is -0.917. The van der Waals surface area contributed by atoms with Crippen LogP contribution in [0.15, 0.2) is 0 Å². The Morgan fingerprint density at radius 3 is 1.93 bits per heavy atom. The summed E-state index contributed by atoms with van der Waals surface area (Å²) in [6, 6.07) is 0. The van der Waals surface area contributed by atoms with Gasteiger partial charge >= 0.3 is 22.4 Å². The molecule has 0 bridgehead atoms. The second-order valence-corrected chi connectivity index (χ2v) is 5.20. The summed E-state index contributed by atoms with van der Waals surface area (Å²) in [6.07, 6.45) is 6.92. The van der Waals surface area contributed by atoms with Crippen molar-refractivity contribution in [3.8, 4) is 0 Å². The molecular formula is C12H23AgO2. The van der Waals surface area contributed by atoms with Crippen LogP contribution in [-0.4, -0.2) is 5.97 Å². The van der Waals surface area contributed by atoms with E-state index < -0.39 is 5.97 Å². The van der Waals surface area contributed by atoms with Crippen LogP contribution in [0.1, 0.15) is 65.7 Å². The van der Waals surface area contributed by atoms with E-state index in [0.29, 0.717) is 5.41 Å². The molecule has 0 spiro atoms. The largest absolute Gasteiger partial charge is 1.00 e. The van der Waals surface area contributed by atoms with Crippen LogP contribution in [0.5, 0.6) is 0 Å². The Morgan fingerprint density at radius 2 is 1.47 bits per heavy atom. The average molecular weight is 307 g/mol. The van der Waals surface area contributed by atoms with Crippen molar-refractivity contribution in [3.63, 3.8) is 0 Å². The fourth-order valence-electron chi connectivity index (χ4n) is 1.45. The number of carbonyl (C=O) groups excluding carboxylic acids is 1. The molecule has 15 heavy (non-hydrogen) atoms. The van der Waals surface area contributed by atoms with Gasteiger partial charge in [0, 0.05) is 5.97 Å². The molecule has 0 saturated heterocycles. The second-order valence-electron chi connectivity index (χ2n) is 5.20. The number of unbranched alkanes of at least 4 members (excludes halogenated alkanes) is 4. The Bertz CT molecular complexity index is 161. The molecule has 0 radical (unpaired) electrons. The minimum Gasteiger partial charge on any atom is -0.550 e. The molecule has 0 amide bonds. The van der Waals surface area contributed by atoms with E-state index in [1.165, 1.54) is 19.3 Å². The first-order valence-corrected chi connectivity index (χ1v) is 5.62. The van der Waals surface area contributed by atoms with Gasteiger partial charge in [0.1, 0.15) is 0 Å². The number of hydrogen-bond acceptors (Lipinski definition) is 2. The van der Waals surface area contributed by atoms with E-state index in [9.17, 15) is 9.90 Å². The Morgan fingerprint density at radius 1 is 1.00 bits per heavy atom. The van der Waals surface area contributed by atoms with Gasteiger partial charge in [0.25, 0.3) is 0 Å². The topological polar surface area (TPSA) is 40.1 Å². The number of aliphatic carboxylic acids is 1. The fourth-order valence-corrected chi connectivity index (χ4v) is 1.45. The molecule has 0 fully saturated rings. The maximum absolute atomic E-state index is 10.1. The van der Waals surface area contributed by atoms with Gasteiger partial charge in [-0.1, -0.05) is 46.5 Å². The Hall–Kier alpha value is 0.210. The van der Waals surface area contributed by atoms with Crippen LogP contribution >= 0.6 is 0 Å². The summed E-state index contributed by atoms with van der Waals surface area (Å²) in [5, 5.41) is 10.1. The van der Waals surface area contributed by atoms with Crippen molar-refractivity contribution in [2.24, 2.45) is 5.41 Å². The summed E-state index contributed by atoms with van der Waals surface area (Å²) >= 11 is 0. The summed E-state index contributed by atoms with van der Waals surface area (Å²) in [7, 11) is 0. The maximum Gasteiger partial charge on any atom is 1.00 e. The van der Waals surface area contributed by atoms with Crippen LogP contribution in [0.25, 0.3) is 0 Å². The van der Waals surface area contributed by atoms with Gasteiger partial charge in [0.05, 0.1) is 0 Å². The molecule has 0 aromatic rings. The Balaban J connectivity index is 0. The second kappa shape index (κ2) is 9.44. The van der Waals surface area contributed by atoms with E-state index in [-0.39, 0.29) is 28.8 Å². The van der Waals surface area contributed by atoms with Gasteiger partial charge in [-0.05, 0) is 24.7 Å². The van der Waals surface area contributed by atoms with Gasteiger partial charge in [-0.15, -0.1) is 0 Å². The minimum atomic E-state index is -0.917. The monoisotopic (exact) mass is 306 g/mol. The van der Waals surface area contributed by atoms with Crippen molar-refractivity contribution in [2.75, 3.05) is 0 Å². The van der Waals surface area contributed by atoms with Crippen LogP contribution in [0.4, 0.5) is 0 Å². The SMILES string of the molecule is CC(C)(C)CCCCCCCC(=O)[O-].[Ag+]. The van der Waals surface area contributed by atoms with Crippen molar-refractivity contribution in [1.82, 2.24) is 0 Å². The van der Waals surface area contributed by atoms with Crippen LogP contribution in [0, 0.1) is 5.41 Å². The molecule has 0 rings (SSSR count). The molecule has 0 atom stereocenters. The first-order valence-electron chi connectivity index (χ1n) is 5.62. The van der Waals surface area contributed by atoms with Gasteiger partial charge in [0.15, 0.2) is 0 Å². The molecule has 0 heterocycles. The summed E-state index contributed by atoms with van der Waals surface area (Å²) in [4.78, 5) is 10.1. The first kappa shape index (κ1) is 17.6.